The number of carboxylic acid groups (broad SMARTS) is 1. The summed E-state index contributed by atoms with van der Waals surface area (Å²) in [4.78, 5) is 31.1. The Kier molecular flexibility index (Phi) is 6.73. The second-order valence-corrected chi connectivity index (χ2v) is 11.2. The van der Waals surface area contributed by atoms with Crippen molar-refractivity contribution in [3.8, 4) is 11.1 Å². The molecule has 5 rings (SSSR count). The van der Waals surface area contributed by atoms with Gasteiger partial charge in [-0.2, -0.15) is 5.10 Å². The van der Waals surface area contributed by atoms with Gasteiger partial charge in [-0.05, 0) is 69.4 Å². The highest BCUT2D eigenvalue weighted by Crippen LogP contribution is 2.35. The Hall–Kier alpha value is -3.72. The Labute approximate surface area is 224 Å². The van der Waals surface area contributed by atoms with E-state index in [1.165, 1.54) is 18.5 Å². The van der Waals surface area contributed by atoms with Gasteiger partial charge in [0.15, 0.2) is 0 Å². The molecule has 1 N–H and O–H groups in total. The van der Waals surface area contributed by atoms with Gasteiger partial charge in [-0.15, -0.1) is 0 Å². The van der Waals surface area contributed by atoms with Gasteiger partial charge in [0.1, 0.15) is 17.2 Å². The van der Waals surface area contributed by atoms with Crippen molar-refractivity contribution in [2.45, 2.75) is 45.7 Å². The second-order valence-electron chi connectivity index (χ2n) is 10.8. The highest BCUT2D eigenvalue weighted by Gasteiger charge is 2.27. The standard InChI is InChI=1S/C28H29ClFN5O3/c1-28(2,3)35-16-21(18-4-6-22(29)23(30)12-18)20-5-7-24(32-25(20)35)26(36)33-10-8-17(9-11-33)14-34-15-19(13-31-34)27(37)38/h4-7,12-13,15-17H,8-11,14H2,1-3H3,(H,37,38). The van der Waals surface area contributed by atoms with Crippen LogP contribution in [0.3, 0.4) is 0 Å². The molecular formula is C28H29ClFN5O3. The SMILES string of the molecule is CC(C)(C)n1cc(-c2ccc(Cl)c(F)c2)c2ccc(C(=O)N3CCC(Cn4cc(C(=O)O)cn4)CC3)nc21. The average molecular weight is 538 g/mol. The van der Waals surface area contributed by atoms with Crippen LogP contribution in [0, 0.1) is 11.7 Å². The molecule has 10 heteroatoms. The highest BCUT2D eigenvalue weighted by molar-refractivity contribution is 6.30. The zero-order valence-corrected chi connectivity index (χ0v) is 22.2. The number of carbonyl (C=O) groups is 2. The molecule has 4 aromatic rings. The van der Waals surface area contributed by atoms with E-state index < -0.39 is 11.8 Å². The topological polar surface area (TPSA) is 93.2 Å². The molecule has 0 spiro atoms. The van der Waals surface area contributed by atoms with E-state index in [1.807, 2.05) is 21.7 Å². The Balaban J connectivity index is 1.36. The number of piperidine rings is 1. The van der Waals surface area contributed by atoms with Crippen LogP contribution in [0.1, 0.15) is 54.5 Å². The predicted molar refractivity (Wildman–Crippen MR) is 143 cm³/mol. The lowest BCUT2D eigenvalue weighted by Crippen LogP contribution is -2.39. The van der Waals surface area contributed by atoms with Crippen LogP contribution in [-0.4, -0.2) is 54.3 Å². The van der Waals surface area contributed by atoms with Crippen LogP contribution in [0.15, 0.2) is 48.9 Å². The van der Waals surface area contributed by atoms with E-state index in [9.17, 15) is 14.0 Å². The lowest BCUT2D eigenvalue weighted by atomic mass is 9.96. The van der Waals surface area contributed by atoms with E-state index in [4.69, 9.17) is 21.7 Å². The van der Waals surface area contributed by atoms with Gasteiger partial charge in [0, 0.05) is 48.5 Å². The lowest BCUT2D eigenvalue weighted by Gasteiger charge is -2.31. The third-order valence-electron chi connectivity index (χ3n) is 7.05. The molecule has 1 amide bonds. The van der Waals surface area contributed by atoms with Crippen LogP contribution < -0.4 is 0 Å². The number of hydrogen-bond donors (Lipinski definition) is 1. The fraction of sp³-hybridized carbons (Fsp3) is 0.357. The number of amides is 1. The number of aromatic carboxylic acids is 1. The number of hydrogen-bond acceptors (Lipinski definition) is 4. The number of rotatable bonds is 5. The highest BCUT2D eigenvalue weighted by atomic mass is 35.5. The van der Waals surface area contributed by atoms with Gasteiger partial charge in [-0.3, -0.25) is 9.48 Å². The van der Waals surface area contributed by atoms with Crippen molar-refractivity contribution in [1.29, 1.82) is 0 Å². The summed E-state index contributed by atoms with van der Waals surface area (Å²) in [5.74, 6) is -1.31. The molecule has 1 fully saturated rings. The normalized spacial score (nSPS) is 14.8. The van der Waals surface area contributed by atoms with Gasteiger partial charge in [0.2, 0.25) is 0 Å². The molecule has 0 radical (unpaired) electrons. The lowest BCUT2D eigenvalue weighted by molar-refractivity contribution is 0.0670. The third-order valence-corrected chi connectivity index (χ3v) is 7.36. The van der Waals surface area contributed by atoms with Gasteiger partial charge < -0.3 is 14.6 Å². The third kappa shape index (κ3) is 5.03. The first kappa shape index (κ1) is 25.9. The van der Waals surface area contributed by atoms with E-state index in [0.717, 1.165) is 23.8 Å². The maximum absolute atomic E-state index is 14.2. The van der Waals surface area contributed by atoms with Gasteiger partial charge in [-0.1, -0.05) is 17.7 Å². The zero-order valence-electron chi connectivity index (χ0n) is 21.5. The maximum atomic E-state index is 14.2. The van der Waals surface area contributed by atoms with E-state index >= 15 is 0 Å². The van der Waals surface area contributed by atoms with Gasteiger partial charge in [0.25, 0.3) is 5.91 Å². The molecule has 1 saturated heterocycles. The van der Waals surface area contributed by atoms with Crippen molar-refractivity contribution in [1.82, 2.24) is 24.2 Å². The first-order chi connectivity index (χ1) is 18.0. The fourth-order valence-electron chi connectivity index (χ4n) is 4.95. The first-order valence-electron chi connectivity index (χ1n) is 12.5. The van der Waals surface area contributed by atoms with Gasteiger partial charge in [0.05, 0.1) is 16.8 Å². The molecule has 8 nitrogen and oxygen atoms in total. The molecule has 0 unspecified atom stereocenters. The van der Waals surface area contributed by atoms with Crippen LogP contribution in [-0.2, 0) is 12.1 Å². The van der Waals surface area contributed by atoms with Gasteiger partial charge in [-0.25, -0.2) is 14.2 Å². The molecule has 0 aliphatic carbocycles. The van der Waals surface area contributed by atoms with Crippen LogP contribution in [0.4, 0.5) is 4.39 Å². The Morgan fingerprint density at radius 3 is 2.50 bits per heavy atom. The molecule has 1 aliphatic rings. The number of pyridine rings is 1. The number of aromatic nitrogens is 4. The maximum Gasteiger partial charge on any atom is 0.338 e. The largest absolute Gasteiger partial charge is 0.478 e. The van der Waals surface area contributed by atoms with Crippen molar-refractivity contribution in [2.24, 2.45) is 5.92 Å². The van der Waals surface area contributed by atoms with Crippen molar-refractivity contribution in [3.63, 3.8) is 0 Å². The molecule has 4 heterocycles. The monoisotopic (exact) mass is 537 g/mol. The fourth-order valence-corrected chi connectivity index (χ4v) is 5.06. The first-order valence-corrected chi connectivity index (χ1v) is 12.9. The Bertz CT molecular complexity index is 1530. The zero-order chi connectivity index (χ0) is 27.2. The van der Waals surface area contributed by atoms with E-state index in [2.05, 4.69) is 25.9 Å². The van der Waals surface area contributed by atoms with Crippen molar-refractivity contribution in [2.75, 3.05) is 13.1 Å². The molecular weight excluding hydrogens is 509 g/mol. The summed E-state index contributed by atoms with van der Waals surface area (Å²) in [7, 11) is 0. The van der Waals surface area contributed by atoms with Gasteiger partial charge >= 0.3 is 5.97 Å². The van der Waals surface area contributed by atoms with Crippen LogP contribution in [0.5, 0.6) is 0 Å². The van der Waals surface area contributed by atoms with E-state index in [1.54, 1.807) is 22.9 Å². The molecule has 0 saturated carbocycles. The van der Waals surface area contributed by atoms with Crippen LogP contribution in [0.25, 0.3) is 22.2 Å². The summed E-state index contributed by atoms with van der Waals surface area (Å²) < 4.78 is 17.9. The van der Waals surface area contributed by atoms with Crippen molar-refractivity contribution < 1.29 is 19.1 Å². The van der Waals surface area contributed by atoms with Crippen LogP contribution in [0.2, 0.25) is 5.02 Å². The minimum absolute atomic E-state index is 0.0673. The molecule has 38 heavy (non-hydrogen) atoms. The predicted octanol–water partition coefficient (Wildman–Crippen LogP) is 5.70. The molecule has 0 bridgehead atoms. The minimum Gasteiger partial charge on any atom is -0.478 e. The summed E-state index contributed by atoms with van der Waals surface area (Å²) in [6, 6.07) is 8.35. The smallest absolute Gasteiger partial charge is 0.338 e. The summed E-state index contributed by atoms with van der Waals surface area (Å²) in [5.41, 5.74) is 2.39. The molecule has 3 aromatic heterocycles. The second kappa shape index (κ2) is 9.87. The van der Waals surface area contributed by atoms with E-state index in [-0.39, 0.29) is 22.0 Å². The van der Waals surface area contributed by atoms with Crippen LogP contribution >= 0.6 is 11.6 Å². The number of likely N-dealkylation sites (tertiary alicyclic amines) is 1. The summed E-state index contributed by atoms with van der Waals surface area (Å²) in [6.45, 7) is 7.96. The molecule has 198 valence electrons. The number of benzene rings is 1. The minimum atomic E-state index is -0.994. The summed E-state index contributed by atoms with van der Waals surface area (Å²) in [5, 5.41) is 14.1. The molecule has 1 aliphatic heterocycles. The number of carboxylic acids is 1. The molecule has 0 atom stereocenters. The van der Waals surface area contributed by atoms with E-state index in [0.29, 0.717) is 42.5 Å². The quantitative estimate of drug-likeness (QED) is 0.352. The Morgan fingerprint density at radius 1 is 1.13 bits per heavy atom. The molecule has 1 aromatic carbocycles. The number of nitrogens with zero attached hydrogens (tertiary/aromatic N) is 5. The summed E-state index contributed by atoms with van der Waals surface area (Å²) >= 11 is 5.89. The van der Waals surface area contributed by atoms with Crippen molar-refractivity contribution >= 4 is 34.5 Å². The summed E-state index contributed by atoms with van der Waals surface area (Å²) in [6.07, 6.45) is 6.42. The average Bonchev–Trinajstić information content (AvgIpc) is 3.50. The number of fused-ring (bicyclic) bond motifs is 1. The van der Waals surface area contributed by atoms with Crippen molar-refractivity contribution in [3.05, 3.63) is 71.0 Å². The number of halogens is 2. The Morgan fingerprint density at radius 2 is 1.87 bits per heavy atom. The number of carbonyl (C=O) groups excluding carboxylic acids is 1.